The number of benzene rings is 2. The Morgan fingerprint density at radius 1 is 1.12 bits per heavy atom. The number of amides is 1. The summed E-state index contributed by atoms with van der Waals surface area (Å²) in [5.74, 6) is 0.474. The van der Waals surface area contributed by atoms with Crippen molar-refractivity contribution in [3.8, 4) is 0 Å². The highest BCUT2D eigenvalue weighted by Crippen LogP contribution is 2.35. The van der Waals surface area contributed by atoms with Gasteiger partial charge in [0.25, 0.3) is 11.6 Å². The van der Waals surface area contributed by atoms with Crippen LogP contribution in [0, 0.1) is 10.1 Å². The first-order chi connectivity index (χ1) is 12.6. The highest BCUT2D eigenvalue weighted by molar-refractivity contribution is 6.01. The second-order valence-electron chi connectivity index (χ2n) is 5.96. The molecule has 1 amide bonds. The maximum atomic E-state index is 13.1. The zero-order chi connectivity index (χ0) is 18.1. The molecule has 0 aliphatic carbocycles. The van der Waals surface area contributed by atoms with Crippen LogP contribution in [0.3, 0.4) is 0 Å². The molecule has 0 fully saturated rings. The van der Waals surface area contributed by atoms with E-state index >= 15 is 0 Å². The molecule has 130 valence electrons. The van der Waals surface area contributed by atoms with Gasteiger partial charge in [0.1, 0.15) is 11.9 Å². The number of carbonyl (C=O) groups is 1. The lowest BCUT2D eigenvalue weighted by molar-refractivity contribution is -0.384. The summed E-state index contributed by atoms with van der Waals surface area (Å²) < 4.78 is 5.39. The predicted octanol–water partition coefficient (Wildman–Crippen LogP) is 3.95. The van der Waals surface area contributed by atoms with Gasteiger partial charge < -0.3 is 14.6 Å². The van der Waals surface area contributed by atoms with Gasteiger partial charge in [-0.25, -0.2) is 0 Å². The SMILES string of the molecule is O=C1c2ccccc2N[C@@H](c2cccc([N+](=O)[O-])c2)N1Cc1ccco1. The first kappa shape index (κ1) is 15.9. The molecule has 0 bridgehead atoms. The summed E-state index contributed by atoms with van der Waals surface area (Å²) in [6, 6.07) is 17.1. The van der Waals surface area contributed by atoms with Crippen LogP contribution in [0.4, 0.5) is 11.4 Å². The normalized spacial score (nSPS) is 16.1. The fraction of sp³-hybridized carbons (Fsp3) is 0.105. The van der Waals surface area contributed by atoms with Gasteiger partial charge in [-0.2, -0.15) is 0 Å². The van der Waals surface area contributed by atoms with Crippen molar-refractivity contribution in [2.75, 3.05) is 5.32 Å². The quantitative estimate of drug-likeness (QED) is 0.569. The van der Waals surface area contributed by atoms with E-state index in [1.807, 2.05) is 12.1 Å². The van der Waals surface area contributed by atoms with Gasteiger partial charge in [-0.3, -0.25) is 14.9 Å². The number of fused-ring (bicyclic) bond motifs is 1. The Morgan fingerprint density at radius 2 is 1.96 bits per heavy atom. The standard InChI is InChI=1S/C19H15N3O4/c23-19-16-8-1-2-9-17(16)20-18(21(19)12-15-7-4-10-26-15)13-5-3-6-14(11-13)22(24)25/h1-11,18,20H,12H2/t18-/m1/s1. The van der Waals surface area contributed by atoms with Gasteiger partial charge in [0.15, 0.2) is 0 Å². The van der Waals surface area contributed by atoms with Crippen molar-refractivity contribution in [1.29, 1.82) is 0 Å². The minimum atomic E-state index is -0.539. The summed E-state index contributed by atoms with van der Waals surface area (Å²) in [5, 5.41) is 14.4. The van der Waals surface area contributed by atoms with Gasteiger partial charge in [-0.05, 0) is 24.3 Å². The van der Waals surface area contributed by atoms with E-state index in [-0.39, 0.29) is 18.1 Å². The van der Waals surface area contributed by atoms with E-state index in [2.05, 4.69) is 5.32 Å². The summed E-state index contributed by atoms with van der Waals surface area (Å²) in [7, 11) is 0. The minimum absolute atomic E-state index is 0.0199. The highest BCUT2D eigenvalue weighted by atomic mass is 16.6. The van der Waals surface area contributed by atoms with Gasteiger partial charge in [0.2, 0.25) is 0 Å². The van der Waals surface area contributed by atoms with Gasteiger partial charge >= 0.3 is 0 Å². The van der Waals surface area contributed by atoms with E-state index in [0.29, 0.717) is 22.6 Å². The number of hydrogen-bond donors (Lipinski definition) is 1. The molecule has 2 aromatic carbocycles. The number of para-hydroxylation sites is 1. The van der Waals surface area contributed by atoms with E-state index in [9.17, 15) is 14.9 Å². The van der Waals surface area contributed by atoms with Crippen molar-refractivity contribution in [3.05, 3.63) is 93.9 Å². The number of nitro benzene ring substituents is 1. The first-order valence-corrected chi connectivity index (χ1v) is 8.07. The van der Waals surface area contributed by atoms with E-state index in [4.69, 9.17) is 4.42 Å². The third-order valence-corrected chi connectivity index (χ3v) is 4.33. The first-order valence-electron chi connectivity index (χ1n) is 8.07. The molecule has 3 aromatic rings. The molecular weight excluding hydrogens is 334 g/mol. The number of rotatable bonds is 4. The minimum Gasteiger partial charge on any atom is -0.467 e. The van der Waals surface area contributed by atoms with Crippen LogP contribution in [-0.4, -0.2) is 15.7 Å². The van der Waals surface area contributed by atoms with Gasteiger partial charge in [-0.1, -0.05) is 24.3 Å². The van der Waals surface area contributed by atoms with Crippen molar-refractivity contribution in [1.82, 2.24) is 4.90 Å². The Bertz CT molecular complexity index is 968. The van der Waals surface area contributed by atoms with Crippen LogP contribution in [0.15, 0.2) is 71.3 Å². The number of non-ortho nitro benzene ring substituents is 1. The topological polar surface area (TPSA) is 88.6 Å². The van der Waals surface area contributed by atoms with Crippen LogP contribution in [0.2, 0.25) is 0 Å². The molecule has 7 nitrogen and oxygen atoms in total. The monoisotopic (exact) mass is 349 g/mol. The molecule has 0 radical (unpaired) electrons. The number of nitrogens with zero attached hydrogens (tertiary/aromatic N) is 2. The molecule has 1 aromatic heterocycles. The van der Waals surface area contributed by atoms with Crippen LogP contribution in [0.5, 0.6) is 0 Å². The van der Waals surface area contributed by atoms with E-state index in [1.165, 1.54) is 12.1 Å². The molecule has 1 atom stereocenters. The molecule has 0 saturated carbocycles. The largest absolute Gasteiger partial charge is 0.467 e. The molecule has 4 rings (SSSR count). The molecule has 0 saturated heterocycles. The van der Waals surface area contributed by atoms with Crippen molar-refractivity contribution >= 4 is 17.3 Å². The molecule has 1 N–H and O–H groups in total. The second-order valence-corrected chi connectivity index (χ2v) is 5.96. The third kappa shape index (κ3) is 2.79. The summed E-state index contributed by atoms with van der Waals surface area (Å²) in [4.78, 5) is 25.3. The van der Waals surface area contributed by atoms with Gasteiger partial charge in [-0.15, -0.1) is 0 Å². The Labute approximate surface area is 149 Å². The zero-order valence-electron chi connectivity index (χ0n) is 13.7. The van der Waals surface area contributed by atoms with Crippen molar-refractivity contribution < 1.29 is 14.1 Å². The number of nitrogens with one attached hydrogen (secondary N) is 1. The lowest BCUT2D eigenvalue weighted by Gasteiger charge is -2.37. The Kier molecular flexibility index (Phi) is 3.89. The average Bonchev–Trinajstić information content (AvgIpc) is 3.17. The summed E-state index contributed by atoms with van der Waals surface area (Å²) in [6.07, 6.45) is 1.01. The van der Waals surface area contributed by atoms with E-state index < -0.39 is 11.1 Å². The number of anilines is 1. The molecule has 1 aliphatic rings. The van der Waals surface area contributed by atoms with Crippen LogP contribution in [0.25, 0.3) is 0 Å². The molecule has 1 aliphatic heterocycles. The number of nitro groups is 1. The van der Waals surface area contributed by atoms with Crippen LogP contribution in [-0.2, 0) is 6.54 Å². The van der Waals surface area contributed by atoms with Crippen molar-refractivity contribution in [3.63, 3.8) is 0 Å². The van der Waals surface area contributed by atoms with E-state index in [0.717, 1.165) is 0 Å². The molecule has 2 heterocycles. The lowest BCUT2D eigenvalue weighted by Crippen LogP contribution is -2.42. The van der Waals surface area contributed by atoms with Crippen molar-refractivity contribution in [2.24, 2.45) is 0 Å². The Morgan fingerprint density at radius 3 is 2.73 bits per heavy atom. The predicted molar refractivity (Wildman–Crippen MR) is 94.5 cm³/mol. The van der Waals surface area contributed by atoms with Crippen molar-refractivity contribution in [2.45, 2.75) is 12.7 Å². The fourth-order valence-corrected chi connectivity index (χ4v) is 3.10. The van der Waals surface area contributed by atoms with Gasteiger partial charge in [0, 0.05) is 23.4 Å². The molecule has 0 spiro atoms. The third-order valence-electron chi connectivity index (χ3n) is 4.33. The fourth-order valence-electron chi connectivity index (χ4n) is 3.10. The number of hydrogen-bond acceptors (Lipinski definition) is 5. The Hall–Kier alpha value is -3.61. The smallest absolute Gasteiger partial charge is 0.269 e. The second kappa shape index (κ2) is 6.36. The van der Waals surface area contributed by atoms with Crippen LogP contribution >= 0.6 is 0 Å². The van der Waals surface area contributed by atoms with Crippen LogP contribution < -0.4 is 5.32 Å². The average molecular weight is 349 g/mol. The summed E-state index contributed by atoms with van der Waals surface area (Å²) >= 11 is 0. The van der Waals surface area contributed by atoms with Gasteiger partial charge in [0.05, 0.1) is 23.3 Å². The Balaban J connectivity index is 1.78. The van der Waals surface area contributed by atoms with Crippen LogP contribution in [0.1, 0.15) is 27.8 Å². The highest BCUT2D eigenvalue weighted by Gasteiger charge is 2.33. The molecular formula is C19H15N3O4. The number of carbonyl (C=O) groups excluding carboxylic acids is 1. The maximum Gasteiger partial charge on any atom is 0.269 e. The molecule has 0 unspecified atom stereocenters. The number of furan rings is 1. The molecule has 26 heavy (non-hydrogen) atoms. The maximum absolute atomic E-state index is 13.1. The zero-order valence-corrected chi connectivity index (χ0v) is 13.7. The lowest BCUT2D eigenvalue weighted by atomic mass is 10.0. The molecule has 7 heteroatoms. The summed E-state index contributed by atoms with van der Waals surface area (Å²) in [5.41, 5.74) is 1.87. The summed E-state index contributed by atoms with van der Waals surface area (Å²) in [6.45, 7) is 0.251. The van der Waals surface area contributed by atoms with E-state index in [1.54, 1.807) is 47.6 Å².